The van der Waals surface area contributed by atoms with E-state index in [0.29, 0.717) is 16.7 Å². The highest BCUT2D eigenvalue weighted by Crippen LogP contribution is 2.27. The number of carbonyl (C=O) groups is 4. The van der Waals surface area contributed by atoms with Crippen molar-refractivity contribution in [3.8, 4) is 18.1 Å². The molecule has 0 saturated heterocycles. The second-order valence-electron chi connectivity index (χ2n) is 13.6. The van der Waals surface area contributed by atoms with E-state index in [2.05, 4.69) is 16.6 Å². The lowest BCUT2D eigenvalue weighted by atomic mass is 9.96. The largest absolute Gasteiger partial charge is 0.508 e. The van der Waals surface area contributed by atoms with Crippen LogP contribution in [0.4, 0.5) is 4.79 Å². The number of nitrogens with one attached hydrogen (secondary N) is 2. The standard InChI is InChI=1S/C39H47N3O7/c1-9-28-18-14-15-19-30(28)33(34(44)40-32(36(46)48-38(3,4)5)25-26-16-12-11-13-17-26)42(10-2)35(45)31(41-37(47)49-39(6,7)8)24-27-20-22-29(43)23-21-27/h1,11-23,31-33,43H,10,24-25H2,2-8H3,(H,40,44)(H,41,47). The zero-order valence-electron chi connectivity index (χ0n) is 29.3. The molecule has 3 amide bonds. The monoisotopic (exact) mass is 669 g/mol. The third-order valence-electron chi connectivity index (χ3n) is 7.25. The van der Waals surface area contributed by atoms with E-state index < -0.39 is 53.2 Å². The molecule has 0 radical (unpaired) electrons. The third-order valence-corrected chi connectivity index (χ3v) is 7.25. The van der Waals surface area contributed by atoms with E-state index in [1.54, 1.807) is 84.9 Å². The molecule has 3 aromatic rings. The minimum atomic E-state index is -1.30. The maximum atomic E-state index is 14.5. The molecule has 0 aliphatic rings. The smallest absolute Gasteiger partial charge is 0.408 e. The summed E-state index contributed by atoms with van der Waals surface area (Å²) in [7, 11) is 0. The number of alkyl carbamates (subject to hydrolysis) is 1. The van der Waals surface area contributed by atoms with E-state index in [4.69, 9.17) is 15.9 Å². The lowest BCUT2D eigenvalue weighted by Gasteiger charge is -2.35. The fourth-order valence-corrected chi connectivity index (χ4v) is 5.17. The molecule has 0 aromatic heterocycles. The summed E-state index contributed by atoms with van der Waals surface area (Å²) in [5.74, 6) is 0.753. The zero-order chi connectivity index (χ0) is 36.4. The number of rotatable bonds is 12. The first kappa shape index (κ1) is 38.2. The molecule has 3 aromatic carbocycles. The summed E-state index contributed by atoms with van der Waals surface area (Å²) >= 11 is 0. The van der Waals surface area contributed by atoms with Gasteiger partial charge < -0.3 is 30.1 Å². The van der Waals surface area contributed by atoms with Gasteiger partial charge in [-0.05, 0) is 83.4 Å². The van der Waals surface area contributed by atoms with Gasteiger partial charge in [-0.15, -0.1) is 6.42 Å². The van der Waals surface area contributed by atoms with Crippen LogP contribution in [0, 0.1) is 12.3 Å². The first-order valence-corrected chi connectivity index (χ1v) is 16.2. The number of likely N-dealkylation sites (N-methyl/N-ethyl adjacent to an activating group) is 1. The Kier molecular flexibility index (Phi) is 13.0. The summed E-state index contributed by atoms with van der Waals surface area (Å²) in [5.41, 5.74) is 0.498. The minimum absolute atomic E-state index is 0.0223. The maximum absolute atomic E-state index is 14.5. The number of phenolic OH excluding ortho intramolecular Hbond substituents is 1. The number of phenols is 1. The van der Waals surface area contributed by atoms with Gasteiger partial charge in [-0.3, -0.25) is 9.59 Å². The highest BCUT2D eigenvalue weighted by molar-refractivity contribution is 5.94. The quantitative estimate of drug-likeness (QED) is 0.172. The van der Waals surface area contributed by atoms with Gasteiger partial charge in [-0.1, -0.05) is 66.6 Å². The summed E-state index contributed by atoms with van der Waals surface area (Å²) in [6, 6.07) is 18.6. The number of ether oxygens (including phenoxy) is 2. The Morgan fingerprint density at radius 1 is 0.776 bits per heavy atom. The van der Waals surface area contributed by atoms with Crippen LogP contribution in [-0.4, -0.2) is 63.7 Å². The maximum Gasteiger partial charge on any atom is 0.408 e. The molecule has 3 unspecified atom stereocenters. The van der Waals surface area contributed by atoms with Crippen LogP contribution in [0.15, 0.2) is 78.9 Å². The second kappa shape index (κ2) is 16.7. The summed E-state index contributed by atoms with van der Waals surface area (Å²) in [6.07, 6.45) is 5.21. The number of terminal acetylenes is 1. The number of benzene rings is 3. The van der Waals surface area contributed by atoms with Crippen LogP contribution in [0.1, 0.15) is 76.8 Å². The SMILES string of the molecule is C#Cc1ccccc1C(C(=O)NC(Cc1ccccc1)C(=O)OC(C)(C)C)N(CC)C(=O)C(Cc1ccc(O)cc1)NC(=O)OC(C)(C)C. The van der Waals surface area contributed by atoms with Gasteiger partial charge >= 0.3 is 12.1 Å². The number of amides is 3. The van der Waals surface area contributed by atoms with Gasteiger partial charge in [0.05, 0.1) is 0 Å². The van der Waals surface area contributed by atoms with Gasteiger partial charge in [0.25, 0.3) is 0 Å². The van der Waals surface area contributed by atoms with Gasteiger partial charge in [-0.2, -0.15) is 0 Å². The molecule has 10 heteroatoms. The van der Waals surface area contributed by atoms with Gasteiger partial charge in [-0.25, -0.2) is 9.59 Å². The average Bonchev–Trinajstić information content (AvgIpc) is 3.02. The first-order chi connectivity index (χ1) is 23.0. The summed E-state index contributed by atoms with van der Waals surface area (Å²) in [5, 5.41) is 15.4. The van der Waals surface area contributed by atoms with Crippen molar-refractivity contribution in [1.82, 2.24) is 15.5 Å². The number of hydrogen-bond acceptors (Lipinski definition) is 7. The summed E-state index contributed by atoms with van der Waals surface area (Å²) < 4.78 is 11.2. The molecule has 0 spiro atoms. The Labute approximate surface area is 289 Å². The van der Waals surface area contributed by atoms with Crippen molar-refractivity contribution >= 4 is 23.9 Å². The van der Waals surface area contributed by atoms with E-state index >= 15 is 0 Å². The van der Waals surface area contributed by atoms with Crippen molar-refractivity contribution < 1.29 is 33.8 Å². The number of esters is 1. The van der Waals surface area contributed by atoms with E-state index in [1.807, 2.05) is 30.3 Å². The Balaban J connectivity index is 2.09. The fourth-order valence-electron chi connectivity index (χ4n) is 5.17. The molecule has 0 saturated carbocycles. The predicted octanol–water partition coefficient (Wildman–Crippen LogP) is 5.47. The van der Waals surface area contributed by atoms with E-state index in [9.17, 15) is 24.3 Å². The Hall–Kier alpha value is -5.30. The lowest BCUT2D eigenvalue weighted by molar-refractivity contribution is -0.159. The highest BCUT2D eigenvalue weighted by atomic mass is 16.6. The van der Waals surface area contributed by atoms with Crippen molar-refractivity contribution in [3.63, 3.8) is 0 Å². The Morgan fingerprint density at radius 3 is 1.90 bits per heavy atom. The first-order valence-electron chi connectivity index (χ1n) is 16.2. The summed E-state index contributed by atoms with van der Waals surface area (Å²) in [6.45, 7) is 12.1. The highest BCUT2D eigenvalue weighted by Gasteiger charge is 2.38. The van der Waals surface area contributed by atoms with Gasteiger partial charge in [0.1, 0.15) is 35.1 Å². The third kappa shape index (κ3) is 11.7. The van der Waals surface area contributed by atoms with E-state index in [1.165, 1.54) is 17.0 Å². The van der Waals surface area contributed by atoms with Gasteiger partial charge in [0.2, 0.25) is 11.8 Å². The van der Waals surface area contributed by atoms with Crippen LogP contribution in [0.2, 0.25) is 0 Å². The lowest BCUT2D eigenvalue weighted by Crippen LogP contribution is -2.55. The molecule has 260 valence electrons. The molecule has 49 heavy (non-hydrogen) atoms. The fraction of sp³-hybridized carbons (Fsp3) is 0.385. The molecule has 3 rings (SSSR count). The molecule has 10 nitrogen and oxygen atoms in total. The van der Waals surface area contributed by atoms with Gasteiger partial charge in [0.15, 0.2) is 0 Å². The van der Waals surface area contributed by atoms with E-state index in [-0.39, 0.29) is 25.1 Å². The van der Waals surface area contributed by atoms with E-state index in [0.717, 1.165) is 5.56 Å². The Bertz CT molecular complexity index is 1630. The van der Waals surface area contributed by atoms with Crippen LogP contribution in [0.5, 0.6) is 5.75 Å². The number of hydrogen-bond donors (Lipinski definition) is 3. The molecule has 3 N–H and O–H groups in total. The molecule has 3 atom stereocenters. The second-order valence-corrected chi connectivity index (χ2v) is 13.6. The Morgan fingerprint density at radius 2 is 1.33 bits per heavy atom. The predicted molar refractivity (Wildman–Crippen MR) is 187 cm³/mol. The van der Waals surface area contributed by atoms with Crippen LogP contribution in [0.25, 0.3) is 0 Å². The van der Waals surface area contributed by atoms with Crippen molar-refractivity contribution in [2.24, 2.45) is 0 Å². The van der Waals surface area contributed by atoms with Gasteiger partial charge in [0, 0.05) is 24.9 Å². The summed E-state index contributed by atoms with van der Waals surface area (Å²) in [4.78, 5) is 56.9. The molecular weight excluding hydrogens is 622 g/mol. The normalized spacial score (nSPS) is 13.2. The van der Waals surface area contributed by atoms with Crippen molar-refractivity contribution in [2.75, 3.05) is 6.54 Å². The van der Waals surface area contributed by atoms with Crippen molar-refractivity contribution in [1.29, 1.82) is 0 Å². The minimum Gasteiger partial charge on any atom is -0.508 e. The molecule has 0 fully saturated rings. The van der Waals surface area contributed by atoms with Crippen molar-refractivity contribution in [2.45, 2.75) is 90.6 Å². The molecule has 0 heterocycles. The topological polar surface area (TPSA) is 134 Å². The van der Waals surface area contributed by atoms with Crippen LogP contribution >= 0.6 is 0 Å². The molecule has 0 bridgehead atoms. The molecule has 0 aliphatic carbocycles. The molecular formula is C39H47N3O7. The van der Waals surface area contributed by atoms with Crippen LogP contribution < -0.4 is 10.6 Å². The molecule has 0 aliphatic heterocycles. The van der Waals surface area contributed by atoms with Crippen LogP contribution in [-0.2, 0) is 36.7 Å². The number of aromatic hydroxyl groups is 1. The average molecular weight is 670 g/mol. The number of nitrogens with zero attached hydrogens (tertiary/aromatic N) is 1. The van der Waals surface area contributed by atoms with Crippen molar-refractivity contribution in [3.05, 3.63) is 101 Å². The zero-order valence-corrected chi connectivity index (χ0v) is 29.3. The van der Waals surface area contributed by atoms with Crippen LogP contribution in [0.3, 0.4) is 0 Å². The number of carbonyl (C=O) groups excluding carboxylic acids is 4.